The SMILES string of the molecule is Cc1cccc(C(CN)C(O)c2cccc(Cl)c2C)c1. The molecule has 0 fully saturated rings. The van der Waals surface area contributed by atoms with Crippen LogP contribution in [0.25, 0.3) is 0 Å². The lowest BCUT2D eigenvalue weighted by Gasteiger charge is -2.24. The van der Waals surface area contributed by atoms with E-state index in [0.717, 1.165) is 22.3 Å². The Bertz CT molecular complexity index is 597. The highest BCUT2D eigenvalue weighted by molar-refractivity contribution is 6.31. The summed E-state index contributed by atoms with van der Waals surface area (Å²) in [5.74, 6) is -0.132. The van der Waals surface area contributed by atoms with Crippen molar-refractivity contribution in [2.24, 2.45) is 5.73 Å². The van der Waals surface area contributed by atoms with E-state index in [-0.39, 0.29) is 5.92 Å². The zero-order valence-electron chi connectivity index (χ0n) is 11.8. The molecule has 2 rings (SSSR count). The van der Waals surface area contributed by atoms with Crippen LogP contribution >= 0.6 is 11.6 Å². The molecular weight excluding hydrogens is 270 g/mol. The van der Waals surface area contributed by atoms with Crippen molar-refractivity contribution in [3.63, 3.8) is 0 Å². The lowest BCUT2D eigenvalue weighted by molar-refractivity contribution is 0.147. The van der Waals surface area contributed by atoms with Gasteiger partial charge in [0, 0.05) is 17.5 Å². The highest BCUT2D eigenvalue weighted by atomic mass is 35.5. The van der Waals surface area contributed by atoms with Crippen molar-refractivity contribution < 1.29 is 5.11 Å². The molecule has 0 amide bonds. The number of benzene rings is 2. The van der Waals surface area contributed by atoms with Gasteiger partial charge in [0.25, 0.3) is 0 Å². The molecule has 0 saturated heterocycles. The third-order valence-electron chi connectivity index (χ3n) is 3.73. The fourth-order valence-electron chi connectivity index (χ4n) is 2.51. The van der Waals surface area contributed by atoms with Gasteiger partial charge in [-0.1, -0.05) is 53.6 Å². The number of hydrogen-bond donors (Lipinski definition) is 2. The molecule has 20 heavy (non-hydrogen) atoms. The minimum Gasteiger partial charge on any atom is -0.388 e. The molecule has 2 aromatic rings. The van der Waals surface area contributed by atoms with Crippen molar-refractivity contribution in [3.05, 3.63) is 69.7 Å². The van der Waals surface area contributed by atoms with Crippen LogP contribution in [0.1, 0.15) is 34.3 Å². The fourth-order valence-corrected chi connectivity index (χ4v) is 2.69. The largest absolute Gasteiger partial charge is 0.388 e. The van der Waals surface area contributed by atoms with Crippen LogP contribution in [0.4, 0.5) is 0 Å². The van der Waals surface area contributed by atoms with E-state index in [0.29, 0.717) is 11.6 Å². The number of hydrogen-bond acceptors (Lipinski definition) is 2. The van der Waals surface area contributed by atoms with Crippen LogP contribution in [-0.4, -0.2) is 11.7 Å². The second kappa shape index (κ2) is 6.40. The van der Waals surface area contributed by atoms with Crippen molar-refractivity contribution in [2.45, 2.75) is 25.9 Å². The number of rotatable bonds is 4. The summed E-state index contributed by atoms with van der Waals surface area (Å²) in [6.45, 7) is 4.34. The topological polar surface area (TPSA) is 46.2 Å². The molecule has 3 N–H and O–H groups in total. The Morgan fingerprint density at radius 2 is 1.85 bits per heavy atom. The Labute approximate surface area is 125 Å². The van der Waals surface area contributed by atoms with Gasteiger partial charge >= 0.3 is 0 Å². The maximum absolute atomic E-state index is 10.7. The molecular formula is C17H20ClNO. The molecule has 0 aliphatic heterocycles. The molecule has 2 aromatic carbocycles. The maximum Gasteiger partial charge on any atom is 0.0873 e. The van der Waals surface area contributed by atoms with E-state index in [2.05, 4.69) is 6.07 Å². The Morgan fingerprint density at radius 3 is 2.50 bits per heavy atom. The summed E-state index contributed by atoms with van der Waals surface area (Å²) in [6.07, 6.45) is -0.652. The van der Waals surface area contributed by atoms with E-state index < -0.39 is 6.10 Å². The normalized spacial score (nSPS) is 14.1. The predicted octanol–water partition coefficient (Wildman–Crippen LogP) is 3.73. The van der Waals surface area contributed by atoms with Crippen molar-refractivity contribution in [3.8, 4) is 0 Å². The molecule has 0 radical (unpaired) electrons. The molecule has 2 atom stereocenters. The summed E-state index contributed by atoms with van der Waals surface area (Å²) < 4.78 is 0. The second-order valence-corrected chi connectivity index (χ2v) is 5.56. The molecule has 0 saturated carbocycles. The standard InChI is InChI=1S/C17H20ClNO/c1-11-5-3-6-13(9-11)15(10-19)17(20)14-7-4-8-16(18)12(14)2/h3-9,15,17,20H,10,19H2,1-2H3. The summed E-state index contributed by atoms with van der Waals surface area (Å²) in [6, 6.07) is 13.7. The van der Waals surface area contributed by atoms with E-state index in [1.807, 2.05) is 50.2 Å². The van der Waals surface area contributed by atoms with Gasteiger partial charge in [-0.2, -0.15) is 0 Å². The summed E-state index contributed by atoms with van der Waals surface area (Å²) in [4.78, 5) is 0. The molecule has 0 aliphatic rings. The van der Waals surface area contributed by atoms with Gasteiger partial charge in [0.2, 0.25) is 0 Å². The first-order chi connectivity index (χ1) is 9.54. The summed E-state index contributed by atoms with van der Waals surface area (Å²) >= 11 is 6.13. The van der Waals surface area contributed by atoms with Crippen LogP contribution in [0.3, 0.4) is 0 Å². The predicted molar refractivity (Wildman–Crippen MR) is 84.1 cm³/mol. The van der Waals surface area contributed by atoms with Crippen molar-refractivity contribution in [2.75, 3.05) is 6.54 Å². The smallest absolute Gasteiger partial charge is 0.0873 e. The van der Waals surface area contributed by atoms with Gasteiger partial charge in [-0.15, -0.1) is 0 Å². The molecule has 2 unspecified atom stereocenters. The maximum atomic E-state index is 10.7. The first kappa shape index (κ1) is 15.0. The second-order valence-electron chi connectivity index (χ2n) is 5.16. The Balaban J connectivity index is 2.39. The van der Waals surface area contributed by atoms with Crippen molar-refractivity contribution in [1.82, 2.24) is 0 Å². The van der Waals surface area contributed by atoms with Crippen molar-refractivity contribution >= 4 is 11.6 Å². The van der Waals surface area contributed by atoms with Crippen LogP contribution < -0.4 is 5.73 Å². The first-order valence-corrected chi connectivity index (χ1v) is 7.12. The minimum absolute atomic E-state index is 0.132. The third kappa shape index (κ3) is 3.04. The van der Waals surface area contributed by atoms with Crippen molar-refractivity contribution in [1.29, 1.82) is 0 Å². The van der Waals surface area contributed by atoms with Crippen LogP contribution in [0.2, 0.25) is 5.02 Å². The molecule has 3 heteroatoms. The molecule has 0 aromatic heterocycles. The fraction of sp³-hybridized carbons (Fsp3) is 0.294. The Kier molecular flexibility index (Phi) is 4.81. The van der Waals surface area contributed by atoms with E-state index in [1.54, 1.807) is 0 Å². The van der Waals surface area contributed by atoms with Gasteiger partial charge in [0.05, 0.1) is 6.10 Å². The van der Waals surface area contributed by atoms with Crippen LogP contribution in [0.5, 0.6) is 0 Å². The van der Waals surface area contributed by atoms with Crippen LogP contribution in [0, 0.1) is 13.8 Å². The molecule has 2 nitrogen and oxygen atoms in total. The molecule has 0 heterocycles. The van der Waals surface area contributed by atoms with E-state index >= 15 is 0 Å². The highest BCUT2D eigenvalue weighted by Crippen LogP contribution is 2.34. The van der Waals surface area contributed by atoms with Gasteiger partial charge in [-0.05, 0) is 36.6 Å². The number of halogens is 1. The van der Waals surface area contributed by atoms with Crippen LogP contribution in [0.15, 0.2) is 42.5 Å². The lowest BCUT2D eigenvalue weighted by Crippen LogP contribution is -2.21. The monoisotopic (exact) mass is 289 g/mol. The van der Waals surface area contributed by atoms with E-state index in [1.165, 1.54) is 0 Å². The molecule has 106 valence electrons. The molecule has 0 spiro atoms. The number of aliphatic hydroxyl groups is 1. The number of aryl methyl sites for hydroxylation is 1. The van der Waals surface area contributed by atoms with Gasteiger partial charge < -0.3 is 10.8 Å². The van der Waals surface area contributed by atoms with Gasteiger partial charge in [-0.25, -0.2) is 0 Å². The summed E-state index contributed by atoms with van der Waals surface area (Å²) in [5, 5.41) is 11.4. The third-order valence-corrected chi connectivity index (χ3v) is 4.14. The van der Waals surface area contributed by atoms with E-state index in [9.17, 15) is 5.11 Å². The zero-order chi connectivity index (χ0) is 14.7. The van der Waals surface area contributed by atoms with E-state index in [4.69, 9.17) is 17.3 Å². The first-order valence-electron chi connectivity index (χ1n) is 6.74. The Hall–Kier alpha value is -1.35. The summed E-state index contributed by atoms with van der Waals surface area (Å²) in [7, 11) is 0. The van der Waals surface area contributed by atoms with Gasteiger partial charge in [0.1, 0.15) is 0 Å². The molecule has 0 aliphatic carbocycles. The highest BCUT2D eigenvalue weighted by Gasteiger charge is 2.23. The average Bonchev–Trinajstić information content (AvgIpc) is 2.42. The number of aliphatic hydroxyl groups excluding tert-OH is 1. The quantitative estimate of drug-likeness (QED) is 0.901. The number of nitrogens with two attached hydrogens (primary N) is 1. The lowest BCUT2D eigenvalue weighted by atomic mass is 9.87. The Morgan fingerprint density at radius 1 is 1.15 bits per heavy atom. The summed E-state index contributed by atoms with van der Waals surface area (Å²) in [5.41, 5.74) is 9.86. The van der Waals surface area contributed by atoms with Crippen LogP contribution in [-0.2, 0) is 0 Å². The molecule has 0 bridgehead atoms. The van der Waals surface area contributed by atoms with Gasteiger partial charge in [-0.3, -0.25) is 0 Å². The average molecular weight is 290 g/mol. The van der Waals surface area contributed by atoms with Gasteiger partial charge in [0.15, 0.2) is 0 Å². The zero-order valence-corrected chi connectivity index (χ0v) is 12.6. The minimum atomic E-state index is -0.652.